The molecule has 108 valence electrons. The minimum Gasteiger partial charge on any atom is -0.278 e. The molecule has 0 aliphatic carbocycles. The summed E-state index contributed by atoms with van der Waals surface area (Å²) in [5.41, 5.74) is 0.0747. The second-order valence-electron chi connectivity index (χ2n) is 5.15. The van der Waals surface area contributed by atoms with Crippen LogP contribution in [0.25, 0.3) is 0 Å². The van der Waals surface area contributed by atoms with Crippen LogP contribution in [0.1, 0.15) is 38.7 Å². The molecule has 0 saturated carbocycles. The van der Waals surface area contributed by atoms with Crippen LogP contribution < -0.4 is 0 Å². The Morgan fingerprint density at radius 3 is 2.15 bits per heavy atom. The van der Waals surface area contributed by atoms with Gasteiger partial charge < -0.3 is 0 Å². The van der Waals surface area contributed by atoms with Crippen molar-refractivity contribution < 1.29 is 9.59 Å². The highest BCUT2D eigenvalue weighted by Crippen LogP contribution is 2.40. The van der Waals surface area contributed by atoms with Crippen LogP contribution in [-0.4, -0.2) is 16.7 Å². The zero-order valence-electron chi connectivity index (χ0n) is 11.6. The molecule has 0 unspecified atom stereocenters. The van der Waals surface area contributed by atoms with Crippen LogP contribution in [0.3, 0.4) is 0 Å². The molecule has 5 heteroatoms. The molecule has 1 aromatic rings. The van der Waals surface area contributed by atoms with Crippen LogP contribution in [-0.2, 0) is 16.1 Å². The third-order valence-corrected chi connectivity index (χ3v) is 4.93. The number of halogens is 2. The summed E-state index contributed by atoms with van der Waals surface area (Å²) < 4.78 is 0. The molecule has 1 saturated heterocycles. The number of likely N-dealkylation sites (tertiary alicyclic amines) is 1. The van der Waals surface area contributed by atoms with Gasteiger partial charge in [-0.3, -0.25) is 14.5 Å². The Kier molecular flexibility index (Phi) is 4.40. The van der Waals surface area contributed by atoms with Crippen LogP contribution in [0.4, 0.5) is 0 Å². The molecule has 1 aliphatic rings. The van der Waals surface area contributed by atoms with Gasteiger partial charge in [-0.05, 0) is 25.0 Å². The Labute approximate surface area is 128 Å². The summed E-state index contributed by atoms with van der Waals surface area (Å²) in [6.45, 7) is 4.04. The summed E-state index contributed by atoms with van der Waals surface area (Å²) >= 11 is 12.2. The van der Waals surface area contributed by atoms with E-state index in [0.29, 0.717) is 28.5 Å². The first-order valence-corrected chi connectivity index (χ1v) is 7.48. The molecule has 20 heavy (non-hydrogen) atoms. The molecule has 2 amide bonds. The Morgan fingerprint density at radius 2 is 1.70 bits per heavy atom. The first-order valence-electron chi connectivity index (χ1n) is 6.73. The van der Waals surface area contributed by atoms with E-state index < -0.39 is 5.41 Å². The van der Waals surface area contributed by atoms with Crippen molar-refractivity contribution in [3.8, 4) is 0 Å². The number of imide groups is 1. The summed E-state index contributed by atoms with van der Waals surface area (Å²) in [6, 6.07) is 5.16. The number of rotatable bonds is 4. The third kappa shape index (κ3) is 2.45. The topological polar surface area (TPSA) is 37.4 Å². The molecule has 3 nitrogen and oxygen atoms in total. The van der Waals surface area contributed by atoms with Crippen LogP contribution in [0, 0.1) is 5.41 Å². The SMILES string of the molecule is CCC1(CC)CC(=O)N(Cc2c(Cl)cccc2Cl)C1=O. The smallest absolute Gasteiger partial charge is 0.236 e. The number of amides is 2. The fourth-order valence-electron chi connectivity index (χ4n) is 2.66. The quantitative estimate of drug-likeness (QED) is 0.786. The van der Waals surface area contributed by atoms with E-state index in [0.717, 1.165) is 0 Å². The minimum absolute atomic E-state index is 0.108. The average Bonchev–Trinajstić information content (AvgIpc) is 2.67. The zero-order chi connectivity index (χ0) is 14.9. The molecule has 0 bridgehead atoms. The number of hydrogen-bond acceptors (Lipinski definition) is 2. The number of benzene rings is 1. The first kappa shape index (κ1) is 15.3. The monoisotopic (exact) mass is 313 g/mol. The molecule has 1 heterocycles. The molecule has 0 radical (unpaired) electrons. The predicted octanol–water partition coefficient (Wildman–Crippen LogP) is 4.06. The summed E-state index contributed by atoms with van der Waals surface area (Å²) in [5, 5.41) is 0.951. The van der Waals surface area contributed by atoms with Crippen molar-refractivity contribution >= 4 is 35.0 Å². The highest BCUT2D eigenvalue weighted by molar-refractivity contribution is 6.36. The summed E-state index contributed by atoms with van der Waals surface area (Å²) in [4.78, 5) is 26.0. The maximum Gasteiger partial charge on any atom is 0.236 e. The molecule has 0 N–H and O–H groups in total. The van der Waals surface area contributed by atoms with Gasteiger partial charge in [-0.25, -0.2) is 0 Å². The van der Waals surface area contributed by atoms with Crippen LogP contribution in [0.15, 0.2) is 18.2 Å². The average molecular weight is 314 g/mol. The molecular formula is C15H17Cl2NO2. The fraction of sp³-hybridized carbons (Fsp3) is 0.467. The molecule has 1 aromatic carbocycles. The van der Waals surface area contributed by atoms with Gasteiger partial charge >= 0.3 is 0 Å². The molecule has 0 aromatic heterocycles. The van der Waals surface area contributed by atoms with E-state index >= 15 is 0 Å². The maximum absolute atomic E-state index is 12.5. The van der Waals surface area contributed by atoms with Gasteiger partial charge in [0.25, 0.3) is 0 Å². The van der Waals surface area contributed by atoms with E-state index in [-0.39, 0.29) is 24.8 Å². The highest BCUT2D eigenvalue weighted by atomic mass is 35.5. The van der Waals surface area contributed by atoms with Gasteiger partial charge in [0.15, 0.2) is 0 Å². The van der Waals surface area contributed by atoms with Crippen molar-refractivity contribution in [3.63, 3.8) is 0 Å². The lowest BCUT2D eigenvalue weighted by atomic mass is 9.81. The van der Waals surface area contributed by atoms with Crippen LogP contribution in [0.5, 0.6) is 0 Å². The number of hydrogen-bond donors (Lipinski definition) is 0. The standard InChI is InChI=1S/C15H17Cl2NO2/c1-3-15(4-2)8-13(19)18(14(15)20)9-10-11(16)6-5-7-12(10)17/h5-7H,3-4,8-9H2,1-2H3. The molecule has 1 aliphatic heterocycles. The number of carbonyl (C=O) groups is 2. The van der Waals surface area contributed by atoms with Gasteiger partial charge in [-0.1, -0.05) is 43.1 Å². The lowest BCUT2D eigenvalue weighted by molar-refractivity contribution is -0.142. The lowest BCUT2D eigenvalue weighted by Gasteiger charge is -2.24. The molecular weight excluding hydrogens is 297 g/mol. The third-order valence-electron chi connectivity index (χ3n) is 4.22. The van der Waals surface area contributed by atoms with E-state index in [1.165, 1.54) is 4.90 Å². The van der Waals surface area contributed by atoms with Gasteiger partial charge in [0.2, 0.25) is 11.8 Å². The van der Waals surface area contributed by atoms with Gasteiger partial charge in [-0.15, -0.1) is 0 Å². The fourth-order valence-corrected chi connectivity index (χ4v) is 3.18. The van der Waals surface area contributed by atoms with E-state index in [4.69, 9.17) is 23.2 Å². The van der Waals surface area contributed by atoms with Gasteiger partial charge in [0, 0.05) is 22.0 Å². The second kappa shape index (κ2) is 5.74. The Morgan fingerprint density at radius 1 is 1.15 bits per heavy atom. The first-order chi connectivity index (χ1) is 9.45. The summed E-state index contributed by atoms with van der Waals surface area (Å²) in [5.74, 6) is -0.252. The van der Waals surface area contributed by atoms with Gasteiger partial charge in [-0.2, -0.15) is 0 Å². The molecule has 1 fully saturated rings. The molecule has 0 atom stereocenters. The summed E-state index contributed by atoms with van der Waals surface area (Å²) in [7, 11) is 0. The maximum atomic E-state index is 12.5. The lowest BCUT2D eigenvalue weighted by Crippen LogP contribution is -2.34. The van der Waals surface area contributed by atoms with E-state index in [1.54, 1.807) is 18.2 Å². The van der Waals surface area contributed by atoms with Crippen molar-refractivity contribution in [3.05, 3.63) is 33.8 Å². The largest absolute Gasteiger partial charge is 0.278 e. The van der Waals surface area contributed by atoms with Crippen molar-refractivity contribution in [1.29, 1.82) is 0 Å². The van der Waals surface area contributed by atoms with E-state index in [9.17, 15) is 9.59 Å². The summed E-state index contributed by atoms with van der Waals surface area (Å²) in [6.07, 6.45) is 1.61. The van der Waals surface area contributed by atoms with E-state index in [2.05, 4.69) is 0 Å². The predicted molar refractivity (Wildman–Crippen MR) is 79.7 cm³/mol. The second-order valence-corrected chi connectivity index (χ2v) is 5.96. The van der Waals surface area contributed by atoms with Crippen molar-refractivity contribution in [2.45, 2.75) is 39.7 Å². The van der Waals surface area contributed by atoms with Crippen molar-refractivity contribution in [2.24, 2.45) is 5.41 Å². The van der Waals surface area contributed by atoms with Crippen molar-refractivity contribution in [1.82, 2.24) is 4.90 Å². The number of nitrogens with zero attached hydrogens (tertiary/aromatic N) is 1. The Balaban J connectivity index is 2.31. The Bertz CT molecular complexity index is 533. The highest BCUT2D eigenvalue weighted by Gasteiger charge is 2.49. The Hall–Kier alpha value is -1.06. The van der Waals surface area contributed by atoms with Crippen LogP contribution in [0.2, 0.25) is 10.0 Å². The van der Waals surface area contributed by atoms with Crippen LogP contribution >= 0.6 is 23.2 Å². The van der Waals surface area contributed by atoms with Gasteiger partial charge in [0.1, 0.15) is 0 Å². The normalized spacial score (nSPS) is 17.9. The van der Waals surface area contributed by atoms with Gasteiger partial charge in [0.05, 0.1) is 12.0 Å². The zero-order valence-corrected chi connectivity index (χ0v) is 13.1. The molecule has 2 rings (SSSR count). The number of carbonyl (C=O) groups excluding carboxylic acids is 2. The van der Waals surface area contributed by atoms with Crippen molar-refractivity contribution in [2.75, 3.05) is 0 Å². The minimum atomic E-state index is -0.551. The molecule has 0 spiro atoms. The van der Waals surface area contributed by atoms with E-state index in [1.807, 2.05) is 13.8 Å².